The lowest BCUT2D eigenvalue weighted by molar-refractivity contribution is 0.102. The molecule has 0 aliphatic heterocycles. The molecule has 19 heavy (non-hydrogen) atoms. The first-order chi connectivity index (χ1) is 8.97. The summed E-state index contributed by atoms with van der Waals surface area (Å²) in [5, 5.41) is 12.1. The molecule has 2 rings (SSSR count). The van der Waals surface area contributed by atoms with Gasteiger partial charge in [-0.1, -0.05) is 0 Å². The first kappa shape index (κ1) is 12.9. The Hall–Kier alpha value is -2.56. The van der Waals surface area contributed by atoms with E-state index in [2.05, 4.69) is 5.32 Å². The topological polar surface area (TPSA) is 75.4 Å². The van der Waals surface area contributed by atoms with Crippen LogP contribution in [-0.2, 0) is 0 Å². The van der Waals surface area contributed by atoms with Crippen LogP contribution in [0.3, 0.4) is 0 Å². The molecule has 0 aliphatic carbocycles. The fraction of sp³-hybridized carbons (Fsp3) is 0.0714. The normalized spacial score (nSPS) is 10.2. The number of nitrogens with two attached hydrogens (primary N) is 1. The molecule has 0 bridgehead atoms. The van der Waals surface area contributed by atoms with E-state index in [1.54, 1.807) is 6.92 Å². The van der Waals surface area contributed by atoms with Gasteiger partial charge < -0.3 is 16.2 Å². The monoisotopic (exact) mass is 260 g/mol. The average molecular weight is 260 g/mol. The molecule has 0 radical (unpaired) electrons. The molecule has 0 aliphatic rings. The predicted octanol–water partition coefficient (Wildman–Crippen LogP) is 2.67. The average Bonchev–Trinajstić information content (AvgIpc) is 2.37. The minimum absolute atomic E-state index is 0.150. The number of rotatable bonds is 2. The molecule has 2 aromatic carbocycles. The Kier molecular flexibility index (Phi) is 3.37. The molecule has 0 aromatic heterocycles. The second-order valence-electron chi connectivity index (χ2n) is 4.19. The zero-order valence-electron chi connectivity index (χ0n) is 10.3. The Balaban J connectivity index is 2.20. The maximum absolute atomic E-state index is 13.1. The van der Waals surface area contributed by atoms with Crippen molar-refractivity contribution in [2.45, 2.75) is 6.92 Å². The largest absolute Gasteiger partial charge is 0.506 e. The highest BCUT2D eigenvalue weighted by Crippen LogP contribution is 2.21. The summed E-state index contributed by atoms with van der Waals surface area (Å²) in [6, 6.07) is 8.51. The molecule has 1 amide bonds. The van der Waals surface area contributed by atoms with Crippen LogP contribution in [0, 0.1) is 12.7 Å². The minimum Gasteiger partial charge on any atom is -0.506 e. The van der Waals surface area contributed by atoms with Gasteiger partial charge in [0.25, 0.3) is 5.91 Å². The second kappa shape index (κ2) is 4.97. The van der Waals surface area contributed by atoms with E-state index in [1.165, 1.54) is 36.4 Å². The Labute approximate surface area is 109 Å². The van der Waals surface area contributed by atoms with Crippen molar-refractivity contribution in [2.75, 3.05) is 11.1 Å². The van der Waals surface area contributed by atoms with Gasteiger partial charge in [0.2, 0.25) is 0 Å². The van der Waals surface area contributed by atoms with Crippen LogP contribution in [0.4, 0.5) is 15.8 Å². The third-order valence-electron chi connectivity index (χ3n) is 2.71. The van der Waals surface area contributed by atoms with Gasteiger partial charge in [0, 0.05) is 11.3 Å². The van der Waals surface area contributed by atoms with E-state index in [1.807, 2.05) is 0 Å². The molecule has 0 spiro atoms. The van der Waals surface area contributed by atoms with Crippen LogP contribution >= 0.6 is 0 Å². The number of nitrogens with one attached hydrogen (secondary N) is 1. The lowest BCUT2D eigenvalue weighted by Gasteiger charge is -2.07. The Morgan fingerprint density at radius 1 is 1.26 bits per heavy atom. The molecule has 5 heteroatoms. The minimum atomic E-state index is -0.402. The zero-order valence-corrected chi connectivity index (χ0v) is 10.3. The number of phenols is 1. The molecule has 98 valence electrons. The summed E-state index contributed by atoms with van der Waals surface area (Å²) >= 11 is 0. The molecule has 0 fully saturated rings. The van der Waals surface area contributed by atoms with E-state index in [0.717, 1.165) is 0 Å². The molecule has 4 nitrogen and oxygen atoms in total. The van der Waals surface area contributed by atoms with E-state index in [4.69, 9.17) is 5.73 Å². The maximum atomic E-state index is 13.1. The number of aryl methyl sites for hydroxylation is 1. The van der Waals surface area contributed by atoms with Gasteiger partial charge in [-0.05, 0) is 48.9 Å². The summed E-state index contributed by atoms with van der Waals surface area (Å²) in [6.07, 6.45) is 0. The third kappa shape index (κ3) is 2.82. The number of anilines is 2. The second-order valence-corrected chi connectivity index (χ2v) is 4.19. The van der Waals surface area contributed by atoms with Crippen molar-refractivity contribution >= 4 is 17.3 Å². The van der Waals surface area contributed by atoms with E-state index >= 15 is 0 Å². The van der Waals surface area contributed by atoms with Crippen molar-refractivity contribution in [1.29, 1.82) is 0 Å². The summed E-state index contributed by atoms with van der Waals surface area (Å²) in [7, 11) is 0. The Morgan fingerprint density at radius 2 is 2.00 bits per heavy atom. The van der Waals surface area contributed by atoms with Gasteiger partial charge in [-0.3, -0.25) is 4.79 Å². The molecule has 2 aromatic rings. The summed E-state index contributed by atoms with van der Waals surface area (Å²) in [6.45, 7) is 1.61. The maximum Gasteiger partial charge on any atom is 0.255 e. The van der Waals surface area contributed by atoms with E-state index in [0.29, 0.717) is 11.3 Å². The highest BCUT2D eigenvalue weighted by molar-refractivity contribution is 6.04. The number of nitrogen functional groups attached to an aromatic ring is 1. The van der Waals surface area contributed by atoms with Crippen molar-refractivity contribution in [2.24, 2.45) is 0 Å². The SMILES string of the molecule is Cc1cc(NC(=O)c2ccc(N)c(O)c2)ccc1F. The van der Waals surface area contributed by atoms with Gasteiger partial charge >= 0.3 is 0 Å². The number of hydrogen-bond acceptors (Lipinski definition) is 3. The summed E-state index contributed by atoms with van der Waals surface area (Å²) < 4.78 is 13.1. The van der Waals surface area contributed by atoms with Crippen LogP contribution in [0.5, 0.6) is 5.75 Å². The van der Waals surface area contributed by atoms with Crippen LogP contribution in [0.15, 0.2) is 36.4 Å². The number of halogens is 1. The first-order valence-corrected chi connectivity index (χ1v) is 5.63. The molecule has 4 N–H and O–H groups in total. The van der Waals surface area contributed by atoms with Crippen molar-refractivity contribution in [3.8, 4) is 5.75 Å². The number of aromatic hydroxyl groups is 1. The van der Waals surface area contributed by atoms with Crippen LogP contribution in [0.1, 0.15) is 15.9 Å². The van der Waals surface area contributed by atoms with Crippen LogP contribution in [0.25, 0.3) is 0 Å². The summed E-state index contributed by atoms with van der Waals surface area (Å²) in [4.78, 5) is 11.9. The van der Waals surface area contributed by atoms with E-state index < -0.39 is 5.91 Å². The molecule has 0 saturated carbocycles. The van der Waals surface area contributed by atoms with Gasteiger partial charge in [-0.15, -0.1) is 0 Å². The number of benzene rings is 2. The predicted molar refractivity (Wildman–Crippen MR) is 71.6 cm³/mol. The lowest BCUT2D eigenvalue weighted by Crippen LogP contribution is -2.12. The third-order valence-corrected chi connectivity index (χ3v) is 2.71. The quantitative estimate of drug-likeness (QED) is 0.574. The number of amides is 1. The van der Waals surface area contributed by atoms with Gasteiger partial charge in [0.05, 0.1) is 5.69 Å². The van der Waals surface area contributed by atoms with Gasteiger partial charge in [-0.2, -0.15) is 0 Å². The van der Waals surface area contributed by atoms with Crippen molar-refractivity contribution in [3.05, 3.63) is 53.3 Å². The van der Waals surface area contributed by atoms with E-state index in [-0.39, 0.29) is 22.8 Å². The first-order valence-electron chi connectivity index (χ1n) is 5.63. The number of phenolic OH excluding ortho intramolecular Hbond substituents is 1. The Morgan fingerprint density at radius 3 is 2.63 bits per heavy atom. The molecular weight excluding hydrogens is 247 g/mol. The fourth-order valence-electron chi connectivity index (χ4n) is 1.61. The smallest absolute Gasteiger partial charge is 0.255 e. The molecule has 0 saturated heterocycles. The number of carbonyl (C=O) groups is 1. The van der Waals surface area contributed by atoms with Crippen molar-refractivity contribution in [3.63, 3.8) is 0 Å². The van der Waals surface area contributed by atoms with Crippen LogP contribution in [0.2, 0.25) is 0 Å². The van der Waals surface area contributed by atoms with Gasteiger partial charge in [0.1, 0.15) is 11.6 Å². The lowest BCUT2D eigenvalue weighted by atomic mass is 10.1. The highest BCUT2D eigenvalue weighted by Gasteiger charge is 2.09. The van der Waals surface area contributed by atoms with Gasteiger partial charge in [0.15, 0.2) is 0 Å². The zero-order chi connectivity index (χ0) is 14.0. The number of hydrogen-bond donors (Lipinski definition) is 3. The fourth-order valence-corrected chi connectivity index (χ4v) is 1.61. The number of carbonyl (C=O) groups excluding carboxylic acids is 1. The van der Waals surface area contributed by atoms with Crippen molar-refractivity contribution in [1.82, 2.24) is 0 Å². The van der Waals surface area contributed by atoms with Crippen molar-refractivity contribution < 1.29 is 14.3 Å². The van der Waals surface area contributed by atoms with Gasteiger partial charge in [-0.25, -0.2) is 4.39 Å². The van der Waals surface area contributed by atoms with Crippen LogP contribution < -0.4 is 11.1 Å². The molecule has 0 unspecified atom stereocenters. The highest BCUT2D eigenvalue weighted by atomic mass is 19.1. The Bertz CT molecular complexity index is 641. The van der Waals surface area contributed by atoms with E-state index in [9.17, 15) is 14.3 Å². The summed E-state index contributed by atoms with van der Waals surface area (Å²) in [5.74, 6) is -0.882. The molecule has 0 heterocycles. The standard InChI is InChI=1S/C14H13FN2O2/c1-8-6-10(3-4-11(8)15)17-14(19)9-2-5-12(16)13(18)7-9/h2-7,18H,16H2,1H3,(H,17,19). The molecule has 0 atom stereocenters. The summed E-state index contributed by atoms with van der Waals surface area (Å²) in [5.41, 5.74) is 6.86. The molecular formula is C14H13FN2O2. The van der Waals surface area contributed by atoms with Crippen LogP contribution in [-0.4, -0.2) is 11.0 Å².